The Kier molecular flexibility index (Phi) is 5.97. The highest BCUT2D eigenvalue weighted by atomic mass is 19.4. The summed E-state index contributed by atoms with van der Waals surface area (Å²) < 4.78 is 43.4. The van der Waals surface area contributed by atoms with Gasteiger partial charge in [0.1, 0.15) is 11.8 Å². The summed E-state index contributed by atoms with van der Waals surface area (Å²) in [5, 5.41) is 25.9. The Morgan fingerprint density at radius 3 is 2.71 bits per heavy atom. The topological polar surface area (TPSA) is 99.5 Å². The quantitative estimate of drug-likeness (QED) is 0.610. The van der Waals surface area contributed by atoms with E-state index in [1.165, 1.54) is 0 Å². The lowest BCUT2D eigenvalue weighted by atomic mass is 9.94. The standard InChI is InChI=1S/C14H21F3N4O3/c1-7(2)24-6-9-12(23)11(22)8(5-19-9)20-13-18-4-3-10(21-13)14(15,16)17/h3-4,7-9,11-12,19,22-23H,5-6H2,1-2H3,(H,18,20,21)/t8-,9+,11+,12-/m0/s1. The third-order valence-corrected chi connectivity index (χ3v) is 3.64. The molecule has 1 aromatic heterocycles. The second-order valence-electron chi connectivity index (χ2n) is 5.89. The van der Waals surface area contributed by atoms with Crippen LogP contribution in [0.5, 0.6) is 0 Å². The van der Waals surface area contributed by atoms with Crippen LogP contribution >= 0.6 is 0 Å². The van der Waals surface area contributed by atoms with Gasteiger partial charge < -0.3 is 25.6 Å². The van der Waals surface area contributed by atoms with E-state index in [1.807, 2.05) is 13.8 Å². The molecule has 1 aromatic rings. The second-order valence-corrected chi connectivity index (χ2v) is 5.89. The summed E-state index contributed by atoms with van der Waals surface area (Å²) >= 11 is 0. The van der Waals surface area contributed by atoms with E-state index in [9.17, 15) is 23.4 Å². The number of halogens is 3. The molecule has 0 unspecified atom stereocenters. The highest BCUT2D eigenvalue weighted by Crippen LogP contribution is 2.27. The molecule has 1 saturated heterocycles. The van der Waals surface area contributed by atoms with E-state index in [1.54, 1.807) is 0 Å². The molecule has 0 aromatic carbocycles. The van der Waals surface area contributed by atoms with Crippen molar-refractivity contribution in [3.05, 3.63) is 18.0 Å². The van der Waals surface area contributed by atoms with Crippen molar-refractivity contribution in [1.29, 1.82) is 0 Å². The van der Waals surface area contributed by atoms with Gasteiger partial charge in [-0.3, -0.25) is 0 Å². The summed E-state index contributed by atoms with van der Waals surface area (Å²) in [7, 11) is 0. The molecule has 0 amide bonds. The fourth-order valence-electron chi connectivity index (χ4n) is 2.34. The molecule has 2 heterocycles. The molecule has 24 heavy (non-hydrogen) atoms. The van der Waals surface area contributed by atoms with Crippen molar-refractivity contribution >= 4 is 5.95 Å². The number of aliphatic hydroxyl groups is 2. The molecule has 4 N–H and O–H groups in total. The molecule has 1 aliphatic heterocycles. The predicted molar refractivity (Wildman–Crippen MR) is 79.3 cm³/mol. The molecule has 10 heteroatoms. The van der Waals surface area contributed by atoms with Crippen molar-refractivity contribution in [2.75, 3.05) is 18.5 Å². The largest absolute Gasteiger partial charge is 0.433 e. The van der Waals surface area contributed by atoms with Crippen LogP contribution in [-0.2, 0) is 10.9 Å². The first kappa shape index (κ1) is 18.8. The van der Waals surface area contributed by atoms with Crippen LogP contribution in [0.25, 0.3) is 0 Å². The van der Waals surface area contributed by atoms with Gasteiger partial charge in [-0.25, -0.2) is 9.97 Å². The van der Waals surface area contributed by atoms with Crippen LogP contribution in [0.3, 0.4) is 0 Å². The summed E-state index contributed by atoms with van der Waals surface area (Å²) in [6, 6.07) is -0.448. The highest BCUT2D eigenvalue weighted by Gasteiger charge is 2.38. The van der Waals surface area contributed by atoms with Crippen molar-refractivity contribution < 1.29 is 28.1 Å². The van der Waals surface area contributed by atoms with Gasteiger partial charge in [-0.05, 0) is 19.9 Å². The Hall–Kier alpha value is -1.49. The number of hydrogen-bond donors (Lipinski definition) is 4. The van der Waals surface area contributed by atoms with E-state index < -0.39 is 36.2 Å². The number of piperidine rings is 1. The normalized spacial score (nSPS) is 28.2. The van der Waals surface area contributed by atoms with Crippen molar-refractivity contribution in [3.8, 4) is 0 Å². The lowest BCUT2D eigenvalue weighted by Crippen LogP contribution is -2.63. The summed E-state index contributed by atoms with van der Waals surface area (Å²) in [5.41, 5.74) is -1.08. The van der Waals surface area contributed by atoms with Gasteiger partial charge in [-0.1, -0.05) is 0 Å². The minimum atomic E-state index is -4.58. The fourth-order valence-corrected chi connectivity index (χ4v) is 2.34. The zero-order valence-electron chi connectivity index (χ0n) is 13.3. The van der Waals surface area contributed by atoms with Crippen LogP contribution in [0.2, 0.25) is 0 Å². The molecule has 1 aliphatic rings. The monoisotopic (exact) mass is 350 g/mol. The first-order chi connectivity index (χ1) is 11.2. The zero-order chi connectivity index (χ0) is 17.9. The van der Waals surface area contributed by atoms with Crippen molar-refractivity contribution in [3.63, 3.8) is 0 Å². The highest BCUT2D eigenvalue weighted by molar-refractivity contribution is 5.29. The van der Waals surface area contributed by atoms with Crippen LogP contribution in [0.15, 0.2) is 12.3 Å². The predicted octanol–water partition coefficient (Wildman–Crippen LogP) is 0.394. The maximum absolute atomic E-state index is 12.7. The van der Waals surface area contributed by atoms with Gasteiger partial charge in [0.05, 0.1) is 30.9 Å². The molecule has 4 atom stereocenters. The minimum Gasteiger partial charge on any atom is -0.389 e. The summed E-state index contributed by atoms with van der Waals surface area (Å²) in [6.45, 7) is 4.12. The van der Waals surface area contributed by atoms with Crippen molar-refractivity contribution in [1.82, 2.24) is 15.3 Å². The number of ether oxygens (including phenoxy) is 1. The van der Waals surface area contributed by atoms with Crippen LogP contribution in [0.1, 0.15) is 19.5 Å². The first-order valence-corrected chi connectivity index (χ1v) is 7.56. The lowest BCUT2D eigenvalue weighted by molar-refractivity contribution is -0.141. The van der Waals surface area contributed by atoms with E-state index in [0.29, 0.717) is 0 Å². The summed E-state index contributed by atoms with van der Waals surface area (Å²) in [6.07, 6.45) is -5.96. The summed E-state index contributed by atoms with van der Waals surface area (Å²) in [5.74, 6) is -0.264. The van der Waals surface area contributed by atoms with E-state index >= 15 is 0 Å². The molecule has 1 fully saturated rings. The fraction of sp³-hybridized carbons (Fsp3) is 0.714. The molecule has 7 nitrogen and oxygen atoms in total. The molecule has 0 aliphatic carbocycles. The summed E-state index contributed by atoms with van der Waals surface area (Å²) in [4.78, 5) is 7.10. The third-order valence-electron chi connectivity index (χ3n) is 3.64. The van der Waals surface area contributed by atoms with Crippen LogP contribution < -0.4 is 10.6 Å². The van der Waals surface area contributed by atoms with Gasteiger partial charge in [-0.2, -0.15) is 13.2 Å². The Morgan fingerprint density at radius 2 is 2.08 bits per heavy atom. The molecule has 0 saturated carbocycles. The molecule has 0 radical (unpaired) electrons. The molecular weight excluding hydrogens is 329 g/mol. The third kappa shape index (κ3) is 4.76. The minimum absolute atomic E-state index is 0.0227. The van der Waals surface area contributed by atoms with Gasteiger partial charge in [0.15, 0.2) is 0 Å². The Balaban J connectivity index is 1.99. The van der Waals surface area contributed by atoms with Crippen LogP contribution in [-0.4, -0.2) is 63.7 Å². The smallest absolute Gasteiger partial charge is 0.389 e. The van der Waals surface area contributed by atoms with Gasteiger partial charge in [-0.15, -0.1) is 0 Å². The SMILES string of the molecule is CC(C)OC[C@H]1NC[C@H](Nc2nccc(C(F)(F)F)n2)[C@@H](O)[C@H]1O. The molecule has 0 spiro atoms. The average molecular weight is 350 g/mol. The maximum Gasteiger partial charge on any atom is 0.433 e. The Morgan fingerprint density at radius 1 is 1.38 bits per heavy atom. The van der Waals surface area contributed by atoms with E-state index in [0.717, 1.165) is 12.3 Å². The van der Waals surface area contributed by atoms with E-state index in [-0.39, 0.29) is 25.2 Å². The van der Waals surface area contributed by atoms with Crippen molar-refractivity contribution in [2.45, 2.75) is 50.4 Å². The lowest BCUT2D eigenvalue weighted by Gasteiger charge is -2.38. The van der Waals surface area contributed by atoms with Gasteiger partial charge >= 0.3 is 6.18 Å². The number of nitrogens with zero attached hydrogens (tertiary/aromatic N) is 2. The van der Waals surface area contributed by atoms with Gasteiger partial charge in [0.25, 0.3) is 0 Å². The Labute approximate surface area is 137 Å². The number of aliphatic hydroxyl groups excluding tert-OH is 2. The van der Waals surface area contributed by atoms with Gasteiger partial charge in [0.2, 0.25) is 5.95 Å². The average Bonchev–Trinajstić information content (AvgIpc) is 2.50. The van der Waals surface area contributed by atoms with Gasteiger partial charge in [0, 0.05) is 12.7 Å². The number of anilines is 1. The number of rotatable bonds is 5. The number of nitrogens with one attached hydrogen (secondary N) is 2. The first-order valence-electron chi connectivity index (χ1n) is 7.56. The van der Waals surface area contributed by atoms with E-state index in [4.69, 9.17) is 4.74 Å². The number of aromatic nitrogens is 2. The molecule has 0 bridgehead atoms. The Bertz CT molecular complexity index is 544. The molecule has 136 valence electrons. The molecular formula is C14H21F3N4O3. The number of hydrogen-bond acceptors (Lipinski definition) is 7. The van der Waals surface area contributed by atoms with Crippen LogP contribution in [0.4, 0.5) is 19.1 Å². The zero-order valence-corrected chi connectivity index (χ0v) is 13.3. The second kappa shape index (κ2) is 7.60. The van der Waals surface area contributed by atoms with E-state index in [2.05, 4.69) is 20.6 Å². The maximum atomic E-state index is 12.7. The molecule has 2 rings (SSSR count). The number of alkyl halides is 3. The van der Waals surface area contributed by atoms with Crippen LogP contribution in [0, 0.1) is 0 Å². The van der Waals surface area contributed by atoms with Crippen molar-refractivity contribution in [2.24, 2.45) is 0 Å².